The van der Waals surface area contributed by atoms with Gasteiger partial charge in [0.25, 0.3) is 10.0 Å². The first kappa shape index (κ1) is 12.5. The average Bonchev–Trinajstić information content (AvgIpc) is 2.30. The number of carbonyl (C=O) groups excluding carboxylic acids is 1. The molecule has 6 nitrogen and oxygen atoms in total. The fourth-order valence-corrected chi connectivity index (χ4v) is 0.883. The van der Waals surface area contributed by atoms with E-state index in [4.69, 9.17) is 0 Å². The van der Waals surface area contributed by atoms with Crippen molar-refractivity contribution < 1.29 is 13.2 Å². The van der Waals surface area contributed by atoms with Crippen LogP contribution in [0, 0.1) is 0 Å². The van der Waals surface area contributed by atoms with Gasteiger partial charge in [-0.05, 0) is 12.2 Å². The molecule has 78 valence electrons. The van der Waals surface area contributed by atoms with E-state index in [1.165, 1.54) is 18.4 Å². The third-order valence-electron chi connectivity index (χ3n) is 1.02. The van der Waals surface area contributed by atoms with Crippen molar-refractivity contribution in [2.24, 2.45) is 15.4 Å². The predicted molar refractivity (Wildman–Crippen MR) is 51.5 cm³/mol. The number of hydrogen-bond acceptors (Lipinski definition) is 4. The lowest BCUT2D eigenvalue weighted by Crippen LogP contribution is -2.06. The molecule has 14 heavy (non-hydrogen) atoms. The van der Waals surface area contributed by atoms with Gasteiger partial charge in [0.15, 0.2) is 0 Å². The Labute approximate surface area is 82.3 Å². The Balaban J connectivity index is 0.000000292. The highest BCUT2D eigenvalue weighted by Gasteiger charge is 2.00. The van der Waals surface area contributed by atoms with E-state index in [0.29, 0.717) is 6.42 Å². The van der Waals surface area contributed by atoms with Crippen molar-refractivity contribution in [2.75, 3.05) is 0 Å². The summed E-state index contributed by atoms with van der Waals surface area (Å²) in [6.07, 6.45) is 4.62. The largest absolute Gasteiger partial charge is 0.370 e. The minimum absolute atomic E-state index is 0.245. The van der Waals surface area contributed by atoms with Crippen molar-refractivity contribution in [2.45, 2.75) is 13.3 Å². The van der Waals surface area contributed by atoms with Crippen molar-refractivity contribution in [1.29, 1.82) is 0 Å². The molecule has 0 saturated carbocycles. The monoisotopic (exact) mass is 217 g/mol. The third kappa shape index (κ3) is 7.17. The minimum atomic E-state index is -3.40. The van der Waals surface area contributed by atoms with Crippen LogP contribution in [0.2, 0.25) is 0 Å². The SMILES string of the molecule is CCC(N)=O.O=S1(=O)C=CC=CN=N1. The van der Waals surface area contributed by atoms with Crippen LogP contribution in [0.25, 0.3) is 0 Å². The summed E-state index contributed by atoms with van der Waals surface area (Å²) in [5.74, 6) is -0.245. The summed E-state index contributed by atoms with van der Waals surface area (Å²) in [5, 5.41) is 4.20. The van der Waals surface area contributed by atoms with E-state index in [1.807, 2.05) is 0 Å². The van der Waals surface area contributed by atoms with Crippen molar-refractivity contribution in [1.82, 2.24) is 0 Å². The molecule has 0 aromatic heterocycles. The van der Waals surface area contributed by atoms with Gasteiger partial charge in [-0.2, -0.15) is 8.42 Å². The van der Waals surface area contributed by atoms with Gasteiger partial charge in [-0.25, -0.2) is 0 Å². The second-order valence-electron chi connectivity index (χ2n) is 2.20. The van der Waals surface area contributed by atoms with Gasteiger partial charge in [-0.15, -0.1) is 5.11 Å². The number of hydrogen-bond donors (Lipinski definition) is 1. The molecule has 0 radical (unpaired) electrons. The van der Waals surface area contributed by atoms with Crippen molar-refractivity contribution in [3.8, 4) is 0 Å². The molecule has 1 aliphatic rings. The molecule has 2 N–H and O–H groups in total. The molecule has 0 aromatic rings. The lowest BCUT2D eigenvalue weighted by Gasteiger charge is -1.78. The first-order valence-corrected chi connectivity index (χ1v) is 5.27. The van der Waals surface area contributed by atoms with Crippen LogP contribution < -0.4 is 5.73 Å². The Kier molecular flexibility index (Phi) is 5.38. The molecule has 0 spiro atoms. The first-order valence-electron chi connectivity index (χ1n) is 3.76. The molecule has 0 atom stereocenters. The van der Waals surface area contributed by atoms with Crippen LogP contribution in [-0.4, -0.2) is 14.3 Å². The van der Waals surface area contributed by atoms with E-state index in [-0.39, 0.29) is 5.91 Å². The van der Waals surface area contributed by atoms with Crippen molar-refractivity contribution >= 4 is 15.9 Å². The second kappa shape index (κ2) is 6.03. The topological polar surface area (TPSA) is 102 Å². The van der Waals surface area contributed by atoms with Crippen LogP contribution in [0.3, 0.4) is 0 Å². The summed E-state index contributed by atoms with van der Waals surface area (Å²) in [6, 6.07) is 0. The molecule has 0 saturated heterocycles. The van der Waals surface area contributed by atoms with Gasteiger partial charge >= 0.3 is 0 Å². The van der Waals surface area contributed by atoms with E-state index < -0.39 is 10.0 Å². The van der Waals surface area contributed by atoms with Crippen molar-refractivity contribution in [3.63, 3.8) is 0 Å². The standard InChI is InChI=1S/C4H4N2O2S.C3H7NO/c7-9(8)4-2-1-3-5-6-9;1-2-3(4)5/h1-4H;2H2,1H3,(H2,4,5). The molecule has 1 heterocycles. The smallest absolute Gasteiger partial charge is 0.292 e. The zero-order valence-electron chi connectivity index (χ0n) is 7.62. The fourth-order valence-electron chi connectivity index (χ4n) is 0.353. The molecule has 0 fully saturated rings. The zero-order chi connectivity index (χ0) is 11.0. The van der Waals surface area contributed by atoms with Gasteiger partial charge in [0, 0.05) is 6.42 Å². The van der Waals surface area contributed by atoms with E-state index in [1.54, 1.807) is 6.92 Å². The number of amides is 1. The highest BCUT2D eigenvalue weighted by Crippen LogP contribution is 1.99. The summed E-state index contributed by atoms with van der Waals surface area (Å²) in [7, 11) is -3.40. The highest BCUT2D eigenvalue weighted by atomic mass is 32.2. The molecule has 0 aromatic carbocycles. The lowest BCUT2D eigenvalue weighted by atomic mass is 10.5. The number of rotatable bonds is 1. The quantitative estimate of drug-likeness (QED) is 0.698. The molecule has 1 aliphatic heterocycles. The highest BCUT2D eigenvalue weighted by molar-refractivity contribution is 7.92. The van der Waals surface area contributed by atoms with Crippen LogP contribution in [0.15, 0.2) is 33.4 Å². The van der Waals surface area contributed by atoms with Crippen LogP contribution in [0.5, 0.6) is 0 Å². The molecular formula is C7H11N3O3S. The third-order valence-corrected chi connectivity index (χ3v) is 1.85. The molecule has 0 bridgehead atoms. The summed E-state index contributed by atoms with van der Waals surface area (Å²) in [4.78, 5) is 9.59. The number of allylic oxidation sites excluding steroid dienone is 2. The summed E-state index contributed by atoms with van der Waals surface area (Å²) < 4.78 is 23.9. The maximum absolute atomic E-state index is 10.5. The van der Waals surface area contributed by atoms with Gasteiger partial charge in [0.1, 0.15) is 0 Å². The molecule has 0 aliphatic carbocycles. The lowest BCUT2D eigenvalue weighted by molar-refractivity contribution is -0.117. The normalized spacial score (nSPS) is 16.6. The van der Waals surface area contributed by atoms with Crippen molar-refractivity contribution in [3.05, 3.63) is 23.8 Å². The summed E-state index contributed by atoms with van der Waals surface area (Å²) in [5.41, 5.74) is 4.65. The zero-order valence-corrected chi connectivity index (χ0v) is 8.44. The number of nitrogens with zero attached hydrogens (tertiary/aromatic N) is 2. The number of sulfonamides is 1. The van der Waals surface area contributed by atoms with Gasteiger partial charge in [-0.3, -0.25) is 4.79 Å². The number of primary amides is 1. The Bertz CT molecular complexity index is 346. The van der Waals surface area contributed by atoms with Gasteiger partial charge in [0.05, 0.1) is 11.6 Å². The first-order chi connectivity index (χ1) is 6.48. The predicted octanol–water partition coefficient (Wildman–Crippen LogP) is 0.691. The number of nitrogens with two attached hydrogens (primary N) is 1. The molecule has 1 rings (SSSR count). The molecule has 1 amide bonds. The Morgan fingerprint density at radius 1 is 1.43 bits per heavy atom. The second-order valence-corrected chi connectivity index (χ2v) is 3.67. The maximum atomic E-state index is 10.5. The van der Waals surface area contributed by atoms with E-state index >= 15 is 0 Å². The minimum Gasteiger partial charge on any atom is -0.370 e. The van der Waals surface area contributed by atoms with Crippen LogP contribution in [0.4, 0.5) is 0 Å². The maximum Gasteiger partial charge on any atom is 0.292 e. The van der Waals surface area contributed by atoms with Crippen LogP contribution >= 0.6 is 0 Å². The van der Waals surface area contributed by atoms with E-state index in [0.717, 1.165) is 5.41 Å². The molecular weight excluding hydrogens is 206 g/mol. The number of carbonyl (C=O) groups is 1. The van der Waals surface area contributed by atoms with Crippen LogP contribution in [0.1, 0.15) is 13.3 Å². The molecule has 0 unspecified atom stereocenters. The van der Waals surface area contributed by atoms with Gasteiger partial charge in [0.2, 0.25) is 5.91 Å². The van der Waals surface area contributed by atoms with Gasteiger partial charge < -0.3 is 5.73 Å². The van der Waals surface area contributed by atoms with E-state index in [2.05, 4.69) is 15.4 Å². The Morgan fingerprint density at radius 2 is 2.00 bits per heavy atom. The average molecular weight is 217 g/mol. The molecule has 7 heteroatoms. The summed E-state index contributed by atoms with van der Waals surface area (Å²) >= 11 is 0. The van der Waals surface area contributed by atoms with Crippen LogP contribution in [-0.2, 0) is 14.8 Å². The summed E-state index contributed by atoms with van der Waals surface area (Å²) in [6.45, 7) is 1.72. The van der Waals surface area contributed by atoms with E-state index in [9.17, 15) is 13.2 Å². The Hall–Kier alpha value is -1.50. The fraction of sp³-hybridized carbons (Fsp3) is 0.286. The Morgan fingerprint density at radius 3 is 2.50 bits per heavy atom. The van der Waals surface area contributed by atoms with Gasteiger partial charge in [-0.1, -0.05) is 11.4 Å².